The average molecular weight is 202 g/mol. The van der Waals surface area contributed by atoms with E-state index in [-0.39, 0.29) is 12.1 Å². The SMILES string of the molecule is CCCCCCC(=O)OCCC(C)O. The van der Waals surface area contributed by atoms with E-state index in [0.717, 1.165) is 12.8 Å². The molecular formula is C11H22O3. The Morgan fingerprint density at radius 2 is 2.07 bits per heavy atom. The first-order chi connectivity index (χ1) is 6.66. The number of unbranched alkanes of at least 4 members (excludes halogenated alkanes) is 3. The fraction of sp³-hybridized carbons (Fsp3) is 0.909. The third-order valence-corrected chi connectivity index (χ3v) is 2.03. The summed E-state index contributed by atoms with van der Waals surface area (Å²) in [5.41, 5.74) is 0. The van der Waals surface area contributed by atoms with Crippen molar-refractivity contribution in [3.05, 3.63) is 0 Å². The van der Waals surface area contributed by atoms with Gasteiger partial charge in [-0.3, -0.25) is 4.79 Å². The summed E-state index contributed by atoms with van der Waals surface area (Å²) in [5, 5.41) is 8.92. The molecule has 0 saturated carbocycles. The van der Waals surface area contributed by atoms with Crippen LogP contribution in [-0.4, -0.2) is 23.8 Å². The van der Waals surface area contributed by atoms with Crippen molar-refractivity contribution in [2.45, 2.75) is 58.5 Å². The third kappa shape index (κ3) is 9.52. The van der Waals surface area contributed by atoms with Crippen LogP contribution in [0.25, 0.3) is 0 Å². The molecule has 84 valence electrons. The molecule has 0 aromatic carbocycles. The van der Waals surface area contributed by atoms with Crippen LogP contribution in [0, 0.1) is 0 Å². The number of carbonyl (C=O) groups excluding carboxylic acids is 1. The topological polar surface area (TPSA) is 46.5 Å². The molecule has 1 atom stereocenters. The highest BCUT2D eigenvalue weighted by Crippen LogP contribution is 2.03. The molecule has 1 unspecified atom stereocenters. The molecule has 0 spiro atoms. The summed E-state index contributed by atoms with van der Waals surface area (Å²) in [6.45, 7) is 4.17. The maximum atomic E-state index is 11.1. The number of hydrogen-bond acceptors (Lipinski definition) is 3. The molecule has 0 rings (SSSR count). The Kier molecular flexibility index (Phi) is 8.64. The van der Waals surface area contributed by atoms with E-state index in [1.54, 1.807) is 6.92 Å². The number of aliphatic hydroxyl groups is 1. The van der Waals surface area contributed by atoms with Crippen LogP contribution in [0.2, 0.25) is 0 Å². The maximum absolute atomic E-state index is 11.1. The van der Waals surface area contributed by atoms with E-state index < -0.39 is 0 Å². The lowest BCUT2D eigenvalue weighted by Gasteiger charge is -2.05. The van der Waals surface area contributed by atoms with E-state index in [2.05, 4.69) is 6.92 Å². The van der Waals surface area contributed by atoms with Crippen LogP contribution in [0.3, 0.4) is 0 Å². The zero-order chi connectivity index (χ0) is 10.8. The molecule has 0 radical (unpaired) electrons. The van der Waals surface area contributed by atoms with Crippen molar-refractivity contribution < 1.29 is 14.6 Å². The van der Waals surface area contributed by atoms with Gasteiger partial charge in [-0.25, -0.2) is 0 Å². The van der Waals surface area contributed by atoms with Crippen LogP contribution < -0.4 is 0 Å². The largest absolute Gasteiger partial charge is 0.466 e. The second kappa shape index (κ2) is 9.00. The maximum Gasteiger partial charge on any atom is 0.305 e. The molecule has 0 aliphatic heterocycles. The van der Waals surface area contributed by atoms with Crippen LogP contribution >= 0.6 is 0 Å². The van der Waals surface area contributed by atoms with Crippen molar-refractivity contribution in [3.63, 3.8) is 0 Å². The minimum Gasteiger partial charge on any atom is -0.466 e. The average Bonchev–Trinajstić information content (AvgIpc) is 2.12. The first kappa shape index (κ1) is 13.4. The van der Waals surface area contributed by atoms with Gasteiger partial charge in [0.2, 0.25) is 0 Å². The minimum absolute atomic E-state index is 0.137. The van der Waals surface area contributed by atoms with Crippen LogP contribution in [-0.2, 0) is 9.53 Å². The van der Waals surface area contributed by atoms with E-state index in [4.69, 9.17) is 9.84 Å². The van der Waals surface area contributed by atoms with Crippen molar-refractivity contribution in [2.75, 3.05) is 6.61 Å². The van der Waals surface area contributed by atoms with Crippen molar-refractivity contribution in [1.82, 2.24) is 0 Å². The Morgan fingerprint density at radius 3 is 2.64 bits per heavy atom. The van der Waals surface area contributed by atoms with Crippen molar-refractivity contribution in [3.8, 4) is 0 Å². The lowest BCUT2D eigenvalue weighted by Crippen LogP contribution is -2.10. The first-order valence-corrected chi connectivity index (χ1v) is 5.50. The Morgan fingerprint density at radius 1 is 1.36 bits per heavy atom. The molecule has 0 fully saturated rings. The summed E-state index contributed by atoms with van der Waals surface area (Å²) in [7, 11) is 0. The molecule has 0 bridgehead atoms. The van der Waals surface area contributed by atoms with Crippen molar-refractivity contribution >= 4 is 5.97 Å². The quantitative estimate of drug-likeness (QED) is 0.485. The molecule has 0 aliphatic carbocycles. The number of carbonyl (C=O) groups is 1. The molecule has 0 saturated heterocycles. The van der Waals surface area contributed by atoms with Crippen molar-refractivity contribution in [1.29, 1.82) is 0 Å². The van der Waals surface area contributed by atoms with Crippen LogP contribution in [0.5, 0.6) is 0 Å². The fourth-order valence-corrected chi connectivity index (χ4v) is 1.11. The molecule has 0 amide bonds. The van der Waals surface area contributed by atoms with E-state index in [1.807, 2.05) is 0 Å². The Labute approximate surface area is 86.5 Å². The van der Waals surface area contributed by atoms with E-state index in [9.17, 15) is 4.79 Å². The number of ether oxygens (including phenoxy) is 1. The van der Waals surface area contributed by atoms with Gasteiger partial charge in [-0.05, 0) is 13.3 Å². The number of rotatable bonds is 8. The zero-order valence-electron chi connectivity index (χ0n) is 9.29. The van der Waals surface area contributed by atoms with Gasteiger partial charge >= 0.3 is 5.97 Å². The summed E-state index contributed by atoms with van der Waals surface area (Å²) in [5.74, 6) is -0.137. The molecule has 0 heterocycles. The van der Waals surface area contributed by atoms with Crippen LogP contribution in [0.4, 0.5) is 0 Å². The van der Waals surface area contributed by atoms with Crippen LogP contribution in [0.1, 0.15) is 52.4 Å². The van der Waals surface area contributed by atoms with Gasteiger partial charge in [0.15, 0.2) is 0 Å². The normalized spacial score (nSPS) is 12.5. The molecule has 0 aromatic rings. The predicted molar refractivity (Wildman–Crippen MR) is 56.0 cm³/mol. The number of aliphatic hydroxyl groups excluding tert-OH is 1. The van der Waals surface area contributed by atoms with E-state index in [0.29, 0.717) is 19.4 Å². The van der Waals surface area contributed by atoms with Gasteiger partial charge in [-0.15, -0.1) is 0 Å². The predicted octanol–water partition coefficient (Wildman–Crippen LogP) is 2.27. The lowest BCUT2D eigenvalue weighted by molar-refractivity contribution is -0.144. The van der Waals surface area contributed by atoms with Gasteiger partial charge in [-0.1, -0.05) is 26.2 Å². The van der Waals surface area contributed by atoms with Gasteiger partial charge in [0.25, 0.3) is 0 Å². The lowest BCUT2D eigenvalue weighted by atomic mass is 10.2. The van der Waals surface area contributed by atoms with Gasteiger partial charge in [0, 0.05) is 12.8 Å². The smallest absolute Gasteiger partial charge is 0.305 e. The molecule has 3 nitrogen and oxygen atoms in total. The highest BCUT2D eigenvalue weighted by molar-refractivity contribution is 5.69. The summed E-state index contributed by atoms with van der Waals surface area (Å²) >= 11 is 0. The molecule has 3 heteroatoms. The zero-order valence-corrected chi connectivity index (χ0v) is 9.29. The summed E-state index contributed by atoms with van der Waals surface area (Å²) in [6.07, 6.45) is 5.03. The van der Waals surface area contributed by atoms with Gasteiger partial charge < -0.3 is 9.84 Å². The fourth-order valence-electron chi connectivity index (χ4n) is 1.11. The Bertz CT molecular complexity index is 143. The van der Waals surface area contributed by atoms with Gasteiger partial charge in [0.1, 0.15) is 0 Å². The Hall–Kier alpha value is -0.570. The second-order valence-electron chi connectivity index (χ2n) is 3.67. The van der Waals surface area contributed by atoms with Gasteiger partial charge in [0.05, 0.1) is 12.7 Å². The van der Waals surface area contributed by atoms with E-state index >= 15 is 0 Å². The van der Waals surface area contributed by atoms with E-state index in [1.165, 1.54) is 12.8 Å². The second-order valence-corrected chi connectivity index (χ2v) is 3.67. The molecule has 1 N–H and O–H groups in total. The molecule has 0 aromatic heterocycles. The van der Waals surface area contributed by atoms with Crippen molar-refractivity contribution in [2.24, 2.45) is 0 Å². The number of hydrogen-bond donors (Lipinski definition) is 1. The Balaban J connectivity index is 3.20. The summed E-state index contributed by atoms with van der Waals surface area (Å²) in [6, 6.07) is 0. The summed E-state index contributed by atoms with van der Waals surface area (Å²) < 4.78 is 4.93. The van der Waals surface area contributed by atoms with Crippen LogP contribution in [0.15, 0.2) is 0 Å². The number of esters is 1. The first-order valence-electron chi connectivity index (χ1n) is 5.50. The monoisotopic (exact) mass is 202 g/mol. The van der Waals surface area contributed by atoms with Gasteiger partial charge in [-0.2, -0.15) is 0 Å². The molecular weight excluding hydrogens is 180 g/mol. The highest BCUT2D eigenvalue weighted by Gasteiger charge is 2.03. The third-order valence-electron chi connectivity index (χ3n) is 2.03. The molecule has 14 heavy (non-hydrogen) atoms. The summed E-state index contributed by atoms with van der Waals surface area (Å²) in [4.78, 5) is 11.1. The minimum atomic E-state index is -0.386. The standard InChI is InChI=1S/C11H22O3/c1-3-4-5-6-7-11(13)14-9-8-10(2)12/h10,12H,3-9H2,1-2H3. The highest BCUT2D eigenvalue weighted by atomic mass is 16.5. The molecule has 0 aliphatic rings.